The first-order chi connectivity index (χ1) is 9.61. The number of aromatic carboxylic acids is 1. The van der Waals surface area contributed by atoms with Crippen molar-refractivity contribution in [1.29, 1.82) is 5.26 Å². The Kier molecular flexibility index (Phi) is 3.96. The van der Waals surface area contributed by atoms with Gasteiger partial charge in [-0.1, -0.05) is 12.1 Å². The number of hydrogen-bond acceptors (Lipinski definition) is 4. The van der Waals surface area contributed by atoms with E-state index in [1.54, 1.807) is 31.4 Å². The highest BCUT2D eigenvalue weighted by molar-refractivity contribution is 5.93. The van der Waals surface area contributed by atoms with Crippen molar-refractivity contribution >= 4 is 11.7 Å². The summed E-state index contributed by atoms with van der Waals surface area (Å²) in [6.45, 7) is 0.514. The van der Waals surface area contributed by atoms with E-state index in [0.29, 0.717) is 17.8 Å². The van der Waals surface area contributed by atoms with Gasteiger partial charge in [0.1, 0.15) is 5.56 Å². The van der Waals surface area contributed by atoms with Gasteiger partial charge >= 0.3 is 5.97 Å². The highest BCUT2D eigenvalue weighted by atomic mass is 16.4. The Hall–Kier alpha value is -2.87. The van der Waals surface area contributed by atoms with Crippen molar-refractivity contribution in [1.82, 2.24) is 4.98 Å². The summed E-state index contributed by atoms with van der Waals surface area (Å²) in [5.41, 5.74) is 2.28. The fraction of sp³-hybridized carbons (Fsp3) is 0.133. The van der Waals surface area contributed by atoms with Crippen molar-refractivity contribution in [2.45, 2.75) is 6.54 Å². The minimum atomic E-state index is -1.01. The molecule has 0 atom stereocenters. The first-order valence-corrected chi connectivity index (χ1v) is 5.99. The van der Waals surface area contributed by atoms with Crippen molar-refractivity contribution in [3.05, 3.63) is 59.4 Å². The Morgan fingerprint density at radius 1 is 1.45 bits per heavy atom. The molecule has 1 N–H and O–H groups in total. The molecule has 1 aromatic heterocycles. The van der Waals surface area contributed by atoms with Gasteiger partial charge in [0.2, 0.25) is 0 Å². The lowest BCUT2D eigenvalue weighted by molar-refractivity contribution is 0.0697. The number of carboxylic acid groups (broad SMARTS) is 1. The maximum absolute atomic E-state index is 11.2. The monoisotopic (exact) mass is 267 g/mol. The summed E-state index contributed by atoms with van der Waals surface area (Å²) in [6, 6.07) is 11.0. The van der Waals surface area contributed by atoms with Crippen LogP contribution in [0.15, 0.2) is 42.7 Å². The van der Waals surface area contributed by atoms with E-state index in [1.165, 1.54) is 6.20 Å². The zero-order valence-electron chi connectivity index (χ0n) is 10.9. The summed E-state index contributed by atoms with van der Waals surface area (Å²) >= 11 is 0. The lowest BCUT2D eigenvalue weighted by atomic mass is 10.1. The first kappa shape index (κ1) is 13.6. The molecule has 0 bridgehead atoms. The van der Waals surface area contributed by atoms with Crippen LogP contribution in [0.25, 0.3) is 0 Å². The number of nitriles is 1. The van der Waals surface area contributed by atoms with Gasteiger partial charge in [-0.2, -0.15) is 5.26 Å². The molecule has 0 saturated carbocycles. The van der Waals surface area contributed by atoms with Crippen molar-refractivity contribution in [3.63, 3.8) is 0 Å². The molecule has 5 heteroatoms. The molecule has 2 aromatic rings. The van der Waals surface area contributed by atoms with E-state index in [0.717, 1.165) is 5.56 Å². The molecule has 1 aromatic carbocycles. The molecule has 0 aliphatic heterocycles. The summed E-state index contributed by atoms with van der Waals surface area (Å²) < 4.78 is 0. The van der Waals surface area contributed by atoms with Crippen molar-refractivity contribution < 1.29 is 9.90 Å². The molecule has 2 rings (SSSR count). The smallest absolute Gasteiger partial charge is 0.339 e. The van der Waals surface area contributed by atoms with Gasteiger partial charge in [0.15, 0.2) is 0 Å². The lowest BCUT2D eigenvalue weighted by Crippen LogP contribution is -2.19. The van der Waals surface area contributed by atoms with Crippen LogP contribution >= 0.6 is 0 Å². The summed E-state index contributed by atoms with van der Waals surface area (Å²) in [5.74, 6) is -1.01. The van der Waals surface area contributed by atoms with E-state index in [1.807, 2.05) is 17.0 Å². The zero-order valence-corrected chi connectivity index (χ0v) is 10.9. The maximum atomic E-state index is 11.2. The molecule has 0 unspecified atom stereocenters. The maximum Gasteiger partial charge on any atom is 0.339 e. The Bertz CT molecular complexity index is 677. The highest BCUT2D eigenvalue weighted by Gasteiger charge is 2.13. The van der Waals surface area contributed by atoms with E-state index in [9.17, 15) is 4.79 Å². The standard InChI is InChI=1S/C15H13N3O2/c1-18(10-12-4-2-3-11(7-12)8-16)14-5-6-17-9-13(14)15(19)20/h2-7,9H,10H2,1H3,(H,19,20). The Morgan fingerprint density at radius 2 is 2.25 bits per heavy atom. The largest absolute Gasteiger partial charge is 0.478 e. The number of benzene rings is 1. The van der Waals surface area contributed by atoms with Crippen LogP contribution in [-0.4, -0.2) is 23.1 Å². The molecule has 100 valence electrons. The molecule has 0 saturated heterocycles. The second kappa shape index (κ2) is 5.85. The number of carbonyl (C=O) groups is 1. The Morgan fingerprint density at radius 3 is 2.95 bits per heavy atom. The van der Waals surface area contributed by atoms with E-state index in [4.69, 9.17) is 10.4 Å². The number of anilines is 1. The van der Waals surface area contributed by atoms with Gasteiger partial charge < -0.3 is 10.0 Å². The third kappa shape index (κ3) is 2.93. The molecule has 20 heavy (non-hydrogen) atoms. The van der Waals surface area contributed by atoms with Gasteiger partial charge in [-0.05, 0) is 23.8 Å². The van der Waals surface area contributed by atoms with Crippen molar-refractivity contribution in [2.24, 2.45) is 0 Å². The molecule has 0 fully saturated rings. The number of pyridine rings is 1. The third-order valence-corrected chi connectivity index (χ3v) is 2.92. The number of aromatic nitrogens is 1. The van der Waals surface area contributed by atoms with Crippen LogP contribution in [0, 0.1) is 11.3 Å². The van der Waals surface area contributed by atoms with Gasteiger partial charge in [0.25, 0.3) is 0 Å². The molecular weight excluding hydrogens is 254 g/mol. The summed E-state index contributed by atoms with van der Waals surface area (Å²) in [7, 11) is 1.81. The minimum Gasteiger partial charge on any atom is -0.478 e. The van der Waals surface area contributed by atoms with E-state index in [2.05, 4.69) is 11.1 Å². The van der Waals surface area contributed by atoms with E-state index >= 15 is 0 Å². The van der Waals surface area contributed by atoms with Crippen LogP contribution in [0.3, 0.4) is 0 Å². The van der Waals surface area contributed by atoms with Crippen LogP contribution in [-0.2, 0) is 6.54 Å². The van der Waals surface area contributed by atoms with Crippen LogP contribution < -0.4 is 4.90 Å². The average Bonchev–Trinajstić information content (AvgIpc) is 2.47. The van der Waals surface area contributed by atoms with Crippen LogP contribution in [0.4, 0.5) is 5.69 Å². The quantitative estimate of drug-likeness (QED) is 0.919. The van der Waals surface area contributed by atoms with Crippen molar-refractivity contribution in [2.75, 3.05) is 11.9 Å². The summed E-state index contributed by atoms with van der Waals surface area (Å²) in [5, 5.41) is 18.0. The molecular formula is C15H13N3O2. The average molecular weight is 267 g/mol. The van der Waals surface area contributed by atoms with Crippen LogP contribution in [0.2, 0.25) is 0 Å². The molecule has 5 nitrogen and oxygen atoms in total. The summed E-state index contributed by atoms with van der Waals surface area (Å²) in [6.07, 6.45) is 2.89. The second-order valence-electron chi connectivity index (χ2n) is 4.37. The fourth-order valence-electron chi connectivity index (χ4n) is 1.98. The van der Waals surface area contributed by atoms with Gasteiger partial charge in [0.05, 0.1) is 17.3 Å². The second-order valence-corrected chi connectivity index (χ2v) is 4.37. The molecule has 0 radical (unpaired) electrons. The molecule has 0 amide bonds. The predicted molar refractivity (Wildman–Crippen MR) is 74.5 cm³/mol. The van der Waals surface area contributed by atoms with Crippen LogP contribution in [0.1, 0.15) is 21.5 Å². The van der Waals surface area contributed by atoms with Crippen molar-refractivity contribution in [3.8, 4) is 6.07 Å². The predicted octanol–water partition coefficient (Wildman–Crippen LogP) is 2.29. The minimum absolute atomic E-state index is 0.159. The first-order valence-electron chi connectivity index (χ1n) is 5.99. The van der Waals surface area contributed by atoms with E-state index in [-0.39, 0.29) is 5.56 Å². The number of nitrogens with zero attached hydrogens (tertiary/aromatic N) is 3. The highest BCUT2D eigenvalue weighted by Crippen LogP contribution is 2.20. The van der Waals surface area contributed by atoms with Gasteiger partial charge in [-0.15, -0.1) is 0 Å². The zero-order chi connectivity index (χ0) is 14.5. The lowest BCUT2D eigenvalue weighted by Gasteiger charge is -2.21. The van der Waals surface area contributed by atoms with Gasteiger partial charge in [-0.25, -0.2) is 4.79 Å². The topological polar surface area (TPSA) is 77.2 Å². The van der Waals surface area contributed by atoms with E-state index < -0.39 is 5.97 Å². The molecule has 1 heterocycles. The SMILES string of the molecule is CN(Cc1cccc(C#N)c1)c1ccncc1C(=O)O. The Labute approximate surface area is 116 Å². The fourth-order valence-corrected chi connectivity index (χ4v) is 1.98. The molecule has 0 aliphatic rings. The van der Waals surface area contributed by atoms with Crippen LogP contribution in [0.5, 0.6) is 0 Å². The van der Waals surface area contributed by atoms with Gasteiger partial charge in [-0.3, -0.25) is 4.98 Å². The number of hydrogen-bond donors (Lipinski definition) is 1. The Balaban J connectivity index is 2.26. The van der Waals surface area contributed by atoms with Gasteiger partial charge in [0, 0.05) is 26.0 Å². The third-order valence-electron chi connectivity index (χ3n) is 2.92. The molecule has 0 spiro atoms. The molecule has 0 aliphatic carbocycles. The summed E-state index contributed by atoms with van der Waals surface area (Å²) in [4.78, 5) is 16.8. The number of carboxylic acids is 1. The normalized spacial score (nSPS) is 9.80. The number of rotatable bonds is 4.